The molecule has 0 amide bonds. The van der Waals surface area contributed by atoms with Crippen LogP contribution >= 0.6 is 0 Å². The van der Waals surface area contributed by atoms with Crippen LogP contribution in [0.3, 0.4) is 0 Å². The second-order valence-corrected chi connectivity index (χ2v) is 4.30. The van der Waals surface area contributed by atoms with Crippen molar-refractivity contribution in [2.24, 2.45) is 0 Å². The van der Waals surface area contributed by atoms with Gasteiger partial charge in [-0.15, -0.1) is 0 Å². The first-order valence-electron chi connectivity index (χ1n) is 6.06. The highest BCUT2D eigenvalue weighted by molar-refractivity contribution is 5.65. The number of nitrogens with one attached hydrogen (secondary N) is 1. The number of nitrogens with zero attached hydrogens (tertiary/aromatic N) is 2. The van der Waals surface area contributed by atoms with Gasteiger partial charge in [0.1, 0.15) is 17.9 Å². The molecule has 0 bridgehead atoms. The van der Waals surface area contributed by atoms with E-state index in [2.05, 4.69) is 9.97 Å². The summed E-state index contributed by atoms with van der Waals surface area (Å²) in [5.74, 6) is 1.30. The van der Waals surface area contributed by atoms with Gasteiger partial charge in [0.05, 0.1) is 6.04 Å². The average Bonchev–Trinajstić information content (AvgIpc) is 2.37. The minimum absolute atomic E-state index is 0.136. The third-order valence-corrected chi connectivity index (χ3v) is 3.11. The molecule has 1 aromatic rings. The van der Waals surface area contributed by atoms with Crippen LogP contribution in [0.2, 0.25) is 0 Å². The van der Waals surface area contributed by atoms with Crippen LogP contribution in [0.15, 0.2) is 10.9 Å². The molecule has 0 aromatic carbocycles. The van der Waals surface area contributed by atoms with E-state index >= 15 is 0 Å². The molecule has 17 heavy (non-hydrogen) atoms. The molecule has 0 aliphatic carbocycles. The molecule has 1 aromatic heterocycles. The van der Waals surface area contributed by atoms with E-state index in [1.165, 1.54) is 6.07 Å². The van der Waals surface area contributed by atoms with Crippen molar-refractivity contribution in [3.63, 3.8) is 0 Å². The van der Waals surface area contributed by atoms with E-state index in [-0.39, 0.29) is 11.6 Å². The summed E-state index contributed by atoms with van der Waals surface area (Å²) in [7, 11) is 0. The molecule has 1 aliphatic rings. The second-order valence-electron chi connectivity index (χ2n) is 4.30. The Balaban J connectivity index is 2.34. The van der Waals surface area contributed by atoms with Gasteiger partial charge in [-0.2, -0.15) is 0 Å². The Morgan fingerprint density at radius 3 is 3.12 bits per heavy atom. The van der Waals surface area contributed by atoms with Crippen LogP contribution in [0.5, 0.6) is 0 Å². The lowest BCUT2D eigenvalue weighted by Crippen LogP contribution is -2.41. The van der Waals surface area contributed by atoms with Gasteiger partial charge in [0.2, 0.25) is 0 Å². The largest absolute Gasteiger partial charge is 0.347 e. The highest BCUT2D eigenvalue weighted by Gasteiger charge is 2.23. The molecular formula is C12H17N3O2. The number of aromatic amines is 1. The molecule has 1 fully saturated rings. The van der Waals surface area contributed by atoms with E-state index in [0.717, 1.165) is 32.1 Å². The van der Waals surface area contributed by atoms with Crippen molar-refractivity contribution < 1.29 is 4.79 Å². The van der Waals surface area contributed by atoms with E-state index in [1.807, 2.05) is 11.8 Å². The summed E-state index contributed by atoms with van der Waals surface area (Å²) >= 11 is 0. The van der Waals surface area contributed by atoms with Crippen LogP contribution in [0, 0.1) is 0 Å². The van der Waals surface area contributed by atoms with Gasteiger partial charge in [-0.3, -0.25) is 4.79 Å². The molecule has 5 nitrogen and oxygen atoms in total. The minimum Gasteiger partial charge on any atom is -0.347 e. The van der Waals surface area contributed by atoms with Gasteiger partial charge in [-0.05, 0) is 19.3 Å². The van der Waals surface area contributed by atoms with Crippen molar-refractivity contribution >= 4 is 12.1 Å². The zero-order valence-corrected chi connectivity index (χ0v) is 9.98. The van der Waals surface area contributed by atoms with E-state index in [4.69, 9.17) is 0 Å². The summed E-state index contributed by atoms with van der Waals surface area (Å²) in [6, 6.07) is 1.34. The molecule has 92 valence electrons. The SMILES string of the molecule is CCc1nc(N2CCCCC2C=O)cc(=O)[nH]1. The first-order valence-corrected chi connectivity index (χ1v) is 6.06. The summed E-state index contributed by atoms with van der Waals surface area (Å²) in [5, 5.41) is 0. The number of anilines is 1. The fourth-order valence-corrected chi connectivity index (χ4v) is 2.19. The third-order valence-electron chi connectivity index (χ3n) is 3.11. The summed E-state index contributed by atoms with van der Waals surface area (Å²) in [6.07, 6.45) is 4.58. The smallest absolute Gasteiger partial charge is 0.252 e. The Kier molecular flexibility index (Phi) is 3.56. The van der Waals surface area contributed by atoms with Gasteiger partial charge < -0.3 is 14.7 Å². The van der Waals surface area contributed by atoms with Gasteiger partial charge >= 0.3 is 0 Å². The summed E-state index contributed by atoms with van der Waals surface area (Å²) in [6.45, 7) is 2.73. The summed E-state index contributed by atoms with van der Waals surface area (Å²) in [4.78, 5) is 31.5. The summed E-state index contributed by atoms with van der Waals surface area (Å²) in [5.41, 5.74) is -0.151. The number of H-pyrrole nitrogens is 1. The lowest BCUT2D eigenvalue weighted by atomic mass is 10.0. The van der Waals surface area contributed by atoms with Crippen LogP contribution in [-0.2, 0) is 11.2 Å². The lowest BCUT2D eigenvalue weighted by Gasteiger charge is -2.33. The number of hydrogen-bond donors (Lipinski definition) is 1. The van der Waals surface area contributed by atoms with Crippen molar-refractivity contribution in [1.82, 2.24) is 9.97 Å². The number of rotatable bonds is 3. The van der Waals surface area contributed by atoms with E-state index in [1.54, 1.807) is 0 Å². The zero-order chi connectivity index (χ0) is 12.3. The van der Waals surface area contributed by atoms with E-state index < -0.39 is 0 Å². The highest BCUT2D eigenvalue weighted by Crippen LogP contribution is 2.20. The maximum Gasteiger partial charge on any atom is 0.252 e. The van der Waals surface area contributed by atoms with Gasteiger partial charge in [0.15, 0.2) is 0 Å². The molecule has 0 saturated carbocycles. The molecule has 5 heteroatoms. The molecule has 0 spiro atoms. The van der Waals surface area contributed by atoms with Crippen LogP contribution < -0.4 is 10.5 Å². The molecule has 1 saturated heterocycles. The third kappa shape index (κ3) is 2.54. The fourth-order valence-electron chi connectivity index (χ4n) is 2.19. The molecule has 1 N–H and O–H groups in total. The maximum atomic E-state index is 11.5. The Morgan fingerprint density at radius 2 is 2.41 bits per heavy atom. The van der Waals surface area contributed by atoms with Gasteiger partial charge in [0.25, 0.3) is 5.56 Å². The molecule has 2 heterocycles. The lowest BCUT2D eigenvalue weighted by molar-refractivity contribution is -0.109. The molecule has 2 rings (SSSR count). The Hall–Kier alpha value is -1.65. The van der Waals surface area contributed by atoms with E-state index in [9.17, 15) is 9.59 Å². The maximum absolute atomic E-state index is 11.5. The van der Waals surface area contributed by atoms with Crippen LogP contribution in [0.25, 0.3) is 0 Å². The van der Waals surface area contributed by atoms with E-state index in [0.29, 0.717) is 18.1 Å². The number of hydrogen-bond acceptors (Lipinski definition) is 4. The monoisotopic (exact) mass is 235 g/mol. The predicted octanol–water partition coefficient (Wildman–Crippen LogP) is 0.890. The Bertz CT molecular complexity index is 455. The first kappa shape index (κ1) is 11.8. The zero-order valence-electron chi connectivity index (χ0n) is 9.98. The topological polar surface area (TPSA) is 66.1 Å². The quantitative estimate of drug-likeness (QED) is 0.790. The molecule has 1 atom stereocenters. The molecular weight excluding hydrogens is 218 g/mol. The van der Waals surface area contributed by atoms with Crippen molar-refractivity contribution in [2.75, 3.05) is 11.4 Å². The highest BCUT2D eigenvalue weighted by atomic mass is 16.1. The number of aryl methyl sites for hydroxylation is 1. The van der Waals surface area contributed by atoms with Crippen LogP contribution in [0.4, 0.5) is 5.82 Å². The second kappa shape index (κ2) is 5.12. The average molecular weight is 235 g/mol. The predicted molar refractivity (Wildman–Crippen MR) is 65.3 cm³/mol. The van der Waals surface area contributed by atoms with Gasteiger partial charge in [-0.25, -0.2) is 4.98 Å². The van der Waals surface area contributed by atoms with Gasteiger partial charge in [-0.1, -0.05) is 6.92 Å². The standard InChI is InChI=1S/C12H17N3O2/c1-2-10-13-11(7-12(17)14-10)15-6-4-3-5-9(15)8-16/h7-9H,2-6H2,1H3,(H,13,14,17). The van der Waals surface area contributed by atoms with Crippen LogP contribution in [-0.4, -0.2) is 28.8 Å². The number of piperidine rings is 1. The van der Waals surface area contributed by atoms with Crippen molar-refractivity contribution in [2.45, 2.75) is 38.6 Å². The van der Waals surface area contributed by atoms with Crippen LogP contribution in [0.1, 0.15) is 32.0 Å². The molecule has 0 radical (unpaired) electrons. The first-order chi connectivity index (χ1) is 8.24. The minimum atomic E-state index is -0.151. The Labute approximate surface area is 99.9 Å². The van der Waals surface area contributed by atoms with Crippen molar-refractivity contribution in [1.29, 1.82) is 0 Å². The molecule has 1 aliphatic heterocycles. The molecule has 1 unspecified atom stereocenters. The van der Waals surface area contributed by atoms with Crippen molar-refractivity contribution in [3.8, 4) is 0 Å². The Morgan fingerprint density at radius 1 is 1.59 bits per heavy atom. The number of carbonyl (C=O) groups is 1. The number of aromatic nitrogens is 2. The number of carbonyl (C=O) groups excluding carboxylic acids is 1. The van der Waals surface area contributed by atoms with Crippen molar-refractivity contribution in [3.05, 3.63) is 22.2 Å². The summed E-state index contributed by atoms with van der Waals surface area (Å²) < 4.78 is 0. The fraction of sp³-hybridized carbons (Fsp3) is 0.583. The normalized spacial score (nSPS) is 20.3. The number of aldehydes is 1. The van der Waals surface area contributed by atoms with Gasteiger partial charge in [0, 0.05) is 19.0 Å².